The second-order valence-electron chi connectivity index (χ2n) is 7.85. The number of rotatable bonds is 2. The summed E-state index contributed by atoms with van der Waals surface area (Å²) < 4.78 is 2.34. The van der Waals surface area contributed by atoms with Crippen molar-refractivity contribution >= 4 is 5.91 Å². The molecule has 0 aliphatic carbocycles. The van der Waals surface area contributed by atoms with Crippen LogP contribution in [0.15, 0.2) is 55.2 Å². The van der Waals surface area contributed by atoms with Crippen LogP contribution in [0, 0.1) is 0 Å². The summed E-state index contributed by atoms with van der Waals surface area (Å²) in [6, 6.07) is 7.68. The lowest BCUT2D eigenvalue weighted by molar-refractivity contribution is 0.0101. The lowest BCUT2D eigenvalue weighted by atomic mass is 9.83. The average molecular weight is 388 g/mol. The van der Waals surface area contributed by atoms with Gasteiger partial charge < -0.3 is 9.47 Å². The maximum Gasteiger partial charge on any atom is 0.255 e. The van der Waals surface area contributed by atoms with Crippen LogP contribution in [0.2, 0.25) is 0 Å². The Morgan fingerprint density at radius 1 is 0.966 bits per heavy atom. The van der Waals surface area contributed by atoms with Gasteiger partial charge in [0.2, 0.25) is 0 Å². The van der Waals surface area contributed by atoms with Crippen molar-refractivity contribution in [1.29, 1.82) is 0 Å². The number of aromatic nitrogens is 4. The third-order valence-corrected chi connectivity index (χ3v) is 6.41. The van der Waals surface area contributed by atoms with Crippen LogP contribution in [0.1, 0.15) is 29.0 Å². The molecule has 29 heavy (non-hydrogen) atoms. The number of carbonyl (C=O) groups excluding carboxylic acids is 1. The second-order valence-corrected chi connectivity index (χ2v) is 7.85. The highest BCUT2D eigenvalue weighted by molar-refractivity contribution is 5.93. The molecule has 0 atom stereocenters. The molecule has 0 radical (unpaired) electrons. The van der Waals surface area contributed by atoms with Crippen LogP contribution in [-0.2, 0) is 12.1 Å². The van der Waals surface area contributed by atoms with Crippen LogP contribution < -0.4 is 0 Å². The van der Waals surface area contributed by atoms with E-state index < -0.39 is 0 Å². The Morgan fingerprint density at radius 2 is 1.72 bits per heavy atom. The molecule has 0 aromatic carbocycles. The summed E-state index contributed by atoms with van der Waals surface area (Å²) in [5, 5.41) is 0. The lowest BCUT2D eigenvalue weighted by Gasteiger charge is -2.49. The van der Waals surface area contributed by atoms with Crippen molar-refractivity contribution in [2.75, 3.05) is 26.7 Å². The number of carbonyl (C=O) groups is 1. The SMILES string of the molecule is CN1CCn2c(-c3cccnc3)cnc2C12CCN(C(=O)c1cccnc1)CC2. The van der Waals surface area contributed by atoms with Gasteiger partial charge in [-0.1, -0.05) is 0 Å². The number of piperidine rings is 1. The van der Waals surface area contributed by atoms with Gasteiger partial charge in [0.15, 0.2) is 0 Å². The van der Waals surface area contributed by atoms with E-state index in [0.29, 0.717) is 18.7 Å². The molecule has 1 amide bonds. The molecule has 2 aliphatic heterocycles. The largest absolute Gasteiger partial charge is 0.338 e. The number of pyridine rings is 2. The van der Waals surface area contributed by atoms with Gasteiger partial charge in [0.05, 0.1) is 23.0 Å². The standard InChI is InChI=1S/C22H24N6O/c1-26-12-13-28-19(17-4-2-8-23-14-17)16-25-21(28)22(26)6-10-27(11-7-22)20(29)18-5-3-9-24-15-18/h2-5,8-9,14-16H,6-7,10-13H2,1H3. The van der Waals surface area contributed by atoms with Gasteiger partial charge in [-0.15, -0.1) is 0 Å². The zero-order chi connectivity index (χ0) is 19.8. The Kier molecular flexibility index (Phi) is 4.39. The van der Waals surface area contributed by atoms with Crippen molar-refractivity contribution in [2.24, 2.45) is 0 Å². The lowest BCUT2D eigenvalue weighted by Crippen LogP contribution is -2.57. The minimum absolute atomic E-state index is 0.0609. The van der Waals surface area contributed by atoms with Crippen molar-refractivity contribution in [3.8, 4) is 11.3 Å². The first kappa shape index (κ1) is 18.0. The predicted octanol–water partition coefficient (Wildman–Crippen LogP) is 2.42. The molecule has 1 fully saturated rings. The highest BCUT2D eigenvalue weighted by Crippen LogP contribution is 2.41. The van der Waals surface area contributed by atoms with Gasteiger partial charge in [-0.25, -0.2) is 4.98 Å². The first-order chi connectivity index (χ1) is 14.2. The molecule has 1 saturated heterocycles. The van der Waals surface area contributed by atoms with E-state index in [1.165, 1.54) is 0 Å². The van der Waals surface area contributed by atoms with E-state index >= 15 is 0 Å². The number of amides is 1. The fourth-order valence-electron chi connectivity index (χ4n) is 4.71. The maximum absolute atomic E-state index is 12.8. The van der Waals surface area contributed by atoms with Crippen LogP contribution in [0.4, 0.5) is 0 Å². The first-order valence-corrected chi connectivity index (χ1v) is 10.1. The summed E-state index contributed by atoms with van der Waals surface area (Å²) in [6.45, 7) is 3.31. The van der Waals surface area contributed by atoms with Crippen molar-refractivity contribution in [3.05, 3.63) is 66.6 Å². The van der Waals surface area contributed by atoms with Gasteiger partial charge >= 0.3 is 0 Å². The normalized spacial score (nSPS) is 18.6. The number of likely N-dealkylation sites (N-methyl/N-ethyl adjacent to an activating group) is 1. The first-order valence-electron chi connectivity index (χ1n) is 10.1. The Morgan fingerprint density at radius 3 is 2.41 bits per heavy atom. The van der Waals surface area contributed by atoms with Crippen molar-refractivity contribution in [2.45, 2.75) is 24.9 Å². The number of fused-ring (bicyclic) bond motifs is 2. The zero-order valence-electron chi connectivity index (χ0n) is 16.5. The molecule has 0 saturated carbocycles. The smallest absolute Gasteiger partial charge is 0.255 e. The Balaban J connectivity index is 1.42. The minimum atomic E-state index is -0.134. The summed E-state index contributed by atoms with van der Waals surface area (Å²) >= 11 is 0. The number of imidazole rings is 1. The number of likely N-dealkylation sites (tertiary alicyclic amines) is 1. The summed E-state index contributed by atoms with van der Waals surface area (Å²) in [5.74, 6) is 1.17. The Bertz CT molecular complexity index is 1010. The minimum Gasteiger partial charge on any atom is -0.338 e. The molecule has 7 heteroatoms. The van der Waals surface area contributed by atoms with E-state index in [4.69, 9.17) is 4.98 Å². The van der Waals surface area contributed by atoms with Crippen LogP contribution in [0.5, 0.6) is 0 Å². The molecule has 1 spiro atoms. The summed E-state index contributed by atoms with van der Waals surface area (Å²) in [5.41, 5.74) is 2.73. The van der Waals surface area contributed by atoms with Crippen molar-refractivity contribution < 1.29 is 4.79 Å². The Hall–Kier alpha value is -3.06. The molecular weight excluding hydrogens is 364 g/mol. The van der Waals surface area contributed by atoms with Crippen LogP contribution in [-0.4, -0.2) is 61.9 Å². The van der Waals surface area contributed by atoms with Gasteiger partial charge in [0.1, 0.15) is 5.82 Å². The molecule has 5 heterocycles. The zero-order valence-corrected chi connectivity index (χ0v) is 16.5. The van der Waals surface area contributed by atoms with Crippen LogP contribution in [0.3, 0.4) is 0 Å². The number of hydrogen-bond donors (Lipinski definition) is 0. The highest BCUT2D eigenvalue weighted by atomic mass is 16.2. The maximum atomic E-state index is 12.8. The average Bonchev–Trinajstić information content (AvgIpc) is 3.23. The molecule has 3 aromatic heterocycles. The van der Waals surface area contributed by atoms with Gasteiger partial charge in [-0.05, 0) is 44.2 Å². The predicted molar refractivity (Wildman–Crippen MR) is 109 cm³/mol. The fourth-order valence-corrected chi connectivity index (χ4v) is 4.71. The molecule has 0 bridgehead atoms. The molecule has 0 N–H and O–H groups in total. The van der Waals surface area contributed by atoms with Gasteiger partial charge in [-0.3, -0.25) is 19.7 Å². The third kappa shape index (κ3) is 2.93. The van der Waals surface area contributed by atoms with E-state index in [1.807, 2.05) is 35.5 Å². The molecule has 7 nitrogen and oxygen atoms in total. The molecule has 3 aromatic rings. The molecule has 2 aliphatic rings. The van der Waals surface area contributed by atoms with Crippen molar-refractivity contribution in [1.82, 2.24) is 29.3 Å². The molecule has 5 rings (SSSR count). The van der Waals surface area contributed by atoms with Gasteiger partial charge in [0.25, 0.3) is 5.91 Å². The quantitative estimate of drug-likeness (QED) is 0.675. The van der Waals surface area contributed by atoms with E-state index in [9.17, 15) is 4.79 Å². The number of nitrogens with zero attached hydrogens (tertiary/aromatic N) is 6. The second kappa shape index (κ2) is 7.08. The Labute approximate surface area is 170 Å². The van der Waals surface area contributed by atoms with Crippen LogP contribution >= 0.6 is 0 Å². The third-order valence-electron chi connectivity index (χ3n) is 6.41. The van der Waals surface area contributed by atoms with Crippen molar-refractivity contribution in [3.63, 3.8) is 0 Å². The van der Waals surface area contributed by atoms with Gasteiger partial charge in [0, 0.05) is 56.5 Å². The van der Waals surface area contributed by atoms with E-state index in [2.05, 4.69) is 32.5 Å². The number of hydrogen-bond acceptors (Lipinski definition) is 5. The molecular formula is C22H24N6O. The van der Waals surface area contributed by atoms with Crippen LogP contribution in [0.25, 0.3) is 11.3 Å². The molecule has 0 unspecified atom stereocenters. The topological polar surface area (TPSA) is 67.2 Å². The van der Waals surface area contributed by atoms with Gasteiger partial charge in [-0.2, -0.15) is 0 Å². The summed E-state index contributed by atoms with van der Waals surface area (Å²) in [7, 11) is 2.18. The fraction of sp³-hybridized carbons (Fsp3) is 0.364. The van der Waals surface area contributed by atoms with E-state index in [-0.39, 0.29) is 11.4 Å². The van der Waals surface area contributed by atoms with E-state index in [1.54, 1.807) is 18.6 Å². The monoisotopic (exact) mass is 388 g/mol. The molecule has 148 valence electrons. The van der Waals surface area contributed by atoms with E-state index in [0.717, 1.165) is 43.0 Å². The highest BCUT2D eigenvalue weighted by Gasteiger charge is 2.46. The summed E-state index contributed by atoms with van der Waals surface area (Å²) in [4.78, 5) is 30.4. The summed E-state index contributed by atoms with van der Waals surface area (Å²) in [6.07, 6.45) is 10.7.